The van der Waals surface area contributed by atoms with Crippen molar-refractivity contribution in [3.8, 4) is 6.07 Å². The zero-order chi connectivity index (χ0) is 13.8. The number of hydrogen-bond donors (Lipinski definition) is 1. The molecule has 6 heteroatoms. The van der Waals surface area contributed by atoms with Gasteiger partial charge in [-0.15, -0.1) is 0 Å². The number of rotatable bonds is 4. The van der Waals surface area contributed by atoms with E-state index in [1.54, 1.807) is 13.8 Å². The predicted octanol–water partition coefficient (Wildman–Crippen LogP) is 0.0291. The molecule has 1 aliphatic heterocycles. The molecule has 1 aliphatic rings. The van der Waals surface area contributed by atoms with Crippen LogP contribution in [0.25, 0.3) is 0 Å². The zero-order valence-corrected chi connectivity index (χ0v) is 10.8. The van der Waals surface area contributed by atoms with Crippen molar-refractivity contribution in [3.63, 3.8) is 0 Å². The Morgan fingerprint density at radius 1 is 1.50 bits per heavy atom. The third kappa shape index (κ3) is 2.46. The first-order chi connectivity index (χ1) is 8.52. The summed E-state index contributed by atoms with van der Waals surface area (Å²) < 4.78 is 5.16. The second-order valence-corrected chi connectivity index (χ2v) is 4.39. The highest BCUT2D eigenvalue weighted by Crippen LogP contribution is 2.29. The third-order valence-electron chi connectivity index (χ3n) is 3.55. The van der Waals surface area contributed by atoms with Gasteiger partial charge in [-0.25, -0.2) is 0 Å². The molecule has 100 valence electrons. The maximum Gasteiger partial charge on any atom is 0.243 e. The summed E-state index contributed by atoms with van der Waals surface area (Å²) in [7, 11) is 0. The molecule has 2 N–H and O–H groups in total. The average Bonchev–Trinajstić information content (AvgIpc) is 2.41. The fourth-order valence-electron chi connectivity index (χ4n) is 2.12. The Morgan fingerprint density at radius 3 is 2.56 bits per heavy atom. The van der Waals surface area contributed by atoms with Crippen LogP contribution in [-0.4, -0.2) is 42.5 Å². The lowest BCUT2D eigenvalue weighted by molar-refractivity contribution is -0.153. The molecule has 1 unspecified atom stereocenters. The molecule has 0 aliphatic carbocycles. The molecule has 0 aromatic heterocycles. The summed E-state index contributed by atoms with van der Waals surface area (Å²) in [5, 5.41) is 9.26. The molecule has 0 aromatic rings. The third-order valence-corrected chi connectivity index (χ3v) is 3.55. The quantitative estimate of drug-likeness (QED) is 0.764. The minimum absolute atomic E-state index is 0.107. The van der Waals surface area contributed by atoms with Crippen LogP contribution in [-0.2, 0) is 14.3 Å². The van der Waals surface area contributed by atoms with Crippen molar-refractivity contribution in [1.29, 1.82) is 5.26 Å². The van der Waals surface area contributed by atoms with Gasteiger partial charge in [0.2, 0.25) is 11.8 Å². The molecule has 6 nitrogen and oxygen atoms in total. The van der Waals surface area contributed by atoms with Gasteiger partial charge in [0.15, 0.2) is 0 Å². The minimum Gasteiger partial charge on any atom is -0.377 e. The van der Waals surface area contributed by atoms with Gasteiger partial charge in [-0.05, 0) is 12.8 Å². The first kappa shape index (κ1) is 14.5. The predicted molar refractivity (Wildman–Crippen MR) is 64.1 cm³/mol. The second-order valence-electron chi connectivity index (χ2n) is 4.39. The number of ether oxygens (including phenoxy) is 1. The lowest BCUT2D eigenvalue weighted by Gasteiger charge is -2.38. The van der Waals surface area contributed by atoms with E-state index in [1.807, 2.05) is 0 Å². The highest BCUT2D eigenvalue weighted by molar-refractivity contribution is 5.91. The van der Waals surface area contributed by atoms with E-state index in [-0.39, 0.29) is 12.5 Å². The van der Waals surface area contributed by atoms with E-state index in [9.17, 15) is 14.9 Å². The molecule has 0 aromatic carbocycles. The van der Waals surface area contributed by atoms with Crippen LogP contribution in [0.4, 0.5) is 0 Å². The van der Waals surface area contributed by atoms with Crippen molar-refractivity contribution >= 4 is 11.8 Å². The molecular weight excluding hydrogens is 234 g/mol. The van der Waals surface area contributed by atoms with Gasteiger partial charge < -0.3 is 15.4 Å². The lowest BCUT2D eigenvalue weighted by atomic mass is 9.82. The molecule has 1 atom stereocenters. The number of nitrogens with two attached hydrogens (primary N) is 1. The molecule has 1 heterocycles. The average molecular weight is 253 g/mol. The largest absolute Gasteiger partial charge is 0.377 e. The first-order valence-corrected chi connectivity index (χ1v) is 6.11. The smallest absolute Gasteiger partial charge is 0.243 e. The van der Waals surface area contributed by atoms with E-state index in [4.69, 9.17) is 10.5 Å². The van der Waals surface area contributed by atoms with Gasteiger partial charge in [-0.1, -0.05) is 13.8 Å². The summed E-state index contributed by atoms with van der Waals surface area (Å²) in [5.74, 6) is -0.913. The Labute approximate surface area is 107 Å². The first-order valence-electron chi connectivity index (χ1n) is 6.11. The fraction of sp³-hybridized carbons (Fsp3) is 0.750. The van der Waals surface area contributed by atoms with Gasteiger partial charge in [-0.2, -0.15) is 5.26 Å². The van der Waals surface area contributed by atoms with Gasteiger partial charge in [0, 0.05) is 6.54 Å². The van der Waals surface area contributed by atoms with Crippen molar-refractivity contribution in [2.75, 3.05) is 19.8 Å². The molecule has 2 amide bonds. The number of carbonyl (C=O) groups excluding carboxylic acids is 2. The zero-order valence-electron chi connectivity index (χ0n) is 10.8. The van der Waals surface area contributed by atoms with Crippen molar-refractivity contribution in [1.82, 2.24) is 4.90 Å². The number of amides is 2. The number of nitriles is 1. The Kier molecular flexibility index (Phi) is 4.68. The molecule has 0 spiro atoms. The Balaban J connectivity index is 2.99. The molecule has 1 fully saturated rings. The van der Waals surface area contributed by atoms with Gasteiger partial charge in [0.25, 0.3) is 0 Å². The Bertz CT molecular complexity index is 371. The summed E-state index contributed by atoms with van der Waals surface area (Å²) in [5.41, 5.74) is 4.20. The van der Waals surface area contributed by atoms with Crippen LogP contribution in [0.15, 0.2) is 0 Å². The van der Waals surface area contributed by atoms with Crippen LogP contribution in [0.1, 0.15) is 26.7 Å². The summed E-state index contributed by atoms with van der Waals surface area (Å²) in [6.07, 6.45) is 0.837. The van der Waals surface area contributed by atoms with E-state index in [2.05, 4.69) is 6.07 Å². The van der Waals surface area contributed by atoms with E-state index in [0.717, 1.165) is 0 Å². The number of hydrogen-bond acceptors (Lipinski definition) is 4. The van der Waals surface area contributed by atoms with Gasteiger partial charge >= 0.3 is 0 Å². The topological polar surface area (TPSA) is 96.4 Å². The standard InChI is InChI=1S/C12H19N3O3/c1-3-12(4-2,8-13)11(17)15-5-6-18-7-9(15)10(14)16/h9H,3-7H2,1-2H3,(H2,14,16). The number of carbonyl (C=O) groups is 2. The molecule has 0 radical (unpaired) electrons. The van der Waals surface area contributed by atoms with E-state index in [0.29, 0.717) is 26.0 Å². The number of morpholine rings is 1. The maximum atomic E-state index is 12.5. The van der Waals surface area contributed by atoms with Crippen molar-refractivity contribution in [2.24, 2.45) is 11.1 Å². The normalized spacial score (nSPS) is 20.3. The Hall–Kier alpha value is -1.61. The molecule has 1 rings (SSSR count). The van der Waals surface area contributed by atoms with Crippen LogP contribution in [0, 0.1) is 16.7 Å². The highest BCUT2D eigenvalue weighted by Gasteiger charge is 2.43. The molecule has 1 saturated heterocycles. The summed E-state index contributed by atoms with van der Waals surface area (Å²) in [6.45, 7) is 4.37. The van der Waals surface area contributed by atoms with Gasteiger partial charge in [0.1, 0.15) is 11.5 Å². The summed E-state index contributed by atoms with van der Waals surface area (Å²) in [4.78, 5) is 25.2. The van der Waals surface area contributed by atoms with Crippen LogP contribution in [0.2, 0.25) is 0 Å². The van der Waals surface area contributed by atoms with Crippen LogP contribution in [0.5, 0.6) is 0 Å². The molecule has 18 heavy (non-hydrogen) atoms. The second kappa shape index (κ2) is 5.83. The SMILES string of the molecule is CCC(C#N)(CC)C(=O)N1CCOCC1C(N)=O. The summed E-state index contributed by atoms with van der Waals surface area (Å²) in [6, 6.07) is 1.32. The monoisotopic (exact) mass is 253 g/mol. The molecule has 0 bridgehead atoms. The van der Waals surface area contributed by atoms with Gasteiger partial charge in [-0.3, -0.25) is 9.59 Å². The Morgan fingerprint density at radius 2 is 2.11 bits per heavy atom. The fourth-order valence-corrected chi connectivity index (χ4v) is 2.12. The highest BCUT2D eigenvalue weighted by atomic mass is 16.5. The van der Waals surface area contributed by atoms with E-state index in [1.165, 1.54) is 4.90 Å². The van der Waals surface area contributed by atoms with Crippen LogP contribution >= 0.6 is 0 Å². The van der Waals surface area contributed by atoms with E-state index < -0.39 is 17.4 Å². The minimum atomic E-state index is -1.06. The van der Waals surface area contributed by atoms with Gasteiger partial charge in [0.05, 0.1) is 19.3 Å². The van der Waals surface area contributed by atoms with Crippen molar-refractivity contribution in [3.05, 3.63) is 0 Å². The number of nitrogens with zero attached hydrogens (tertiary/aromatic N) is 2. The molecule has 0 saturated carbocycles. The lowest BCUT2D eigenvalue weighted by Crippen LogP contribution is -2.58. The number of primary amides is 1. The van der Waals surface area contributed by atoms with Crippen molar-refractivity contribution < 1.29 is 14.3 Å². The summed E-state index contributed by atoms with van der Waals surface area (Å²) >= 11 is 0. The van der Waals surface area contributed by atoms with E-state index >= 15 is 0 Å². The van der Waals surface area contributed by atoms with Crippen LogP contribution in [0.3, 0.4) is 0 Å². The molecular formula is C12H19N3O3. The van der Waals surface area contributed by atoms with Crippen LogP contribution < -0.4 is 5.73 Å². The van der Waals surface area contributed by atoms with Crippen molar-refractivity contribution in [2.45, 2.75) is 32.7 Å². The maximum absolute atomic E-state index is 12.5.